The van der Waals surface area contributed by atoms with Gasteiger partial charge in [0.25, 0.3) is 5.19 Å². The van der Waals surface area contributed by atoms with Gasteiger partial charge in [0.2, 0.25) is 0 Å². The number of hydrogen-bond donors (Lipinski definition) is 0. The first-order valence-corrected chi connectivity index (χ1v) is 14.6. The maximum absolute atomic E-state index is 6.29. The van der Waals surface area contributed by atoms with Gasteiger partial charge in [-0.25, -0.2) is 4.98 Å². The van der Waals surface area contributed by atoms with Gasteiger partial charge in [-0.3, -0.25) is 0 Å². The Balaban J connectivity index is 1.48. The van der Waals surface area contributed by atoms with Crippen LogP contribution in [0.3, 0.4) is 0 Å². The van der Waals surface area contributed by atoms with E-state index in [2.05, 4.69) is 72.3 Å². The van der Waals surface area contributed by atoms with E-state index in [1.807, 2.05) is 13.0 Å². The van der Waals surface area contributed by atoms with Crippen molar-refractivity contribution in [3.8, 4) is 5.19 Å². The molecule has 1 aliphatic rings. The highest BCUT2D eigenvalue weighted by Crippen LogP contribution is 2.37. The molecular formula is C22H36N4O2SSi. The smallest absolute Gasteiger partial charge is 0.273 e. The van der Waals surface area contributed by atoms with Crippen LogP contribution in [0.5, 0.6) is 5.19 Å². The summed E-state index contributed by atoms with van der Waals surface area (Å²) in [5, 5.41) is 11.5. The van der Waals surface area contributed by atoms with Crippen molar-refractivity contribution in [3.05, 3.63) is 28.9 Å². The van der Waals surface area contributed by atoms with E-state index in [4.69, 9.17) is 9.16 Å². The van der Waals surface area contributed by atoms with Gasteiger partial charge in [-0.05, 0) is 62.9 Å². The van der Waals surface area contributed by atoms with Crippen LogP contribution in [-0.4, -0.2) is 42.7 Å². The van der Waals surface area contributed by atoms with Gasteiger partial charge in [0.05, 0.1) is 18.0 Å². The Kier molecular flexibility index (Phi) is 7.19. The molecule has 8 heteroatoms. The molecule has 0 radical (unpaired) electrons. The van der Waals surface area contributed by atoms with Crippen LogP contribution in [0, 0.1) is 12.8 Å². The number of rotatable bonds is 7. The standard InChI is InChI=1S/C22H36N4O2SSi/c1-16-8-9-20(25-24-16)26-12-10-18(11-13-26)17(2)28-21-23-19(15-29-21)14-27-30(6,7)22(3,4)5/h8-9,15,17-18H,10-14H2,1-7H3. The Morgan fingerprint density at radius 3 is 2.50 bits per heavy atom. The summed E-state index contributed by atoms with van der Waals surface area (Å²) < 4.78 is 12.5. The molecule has 3 heterocycles. The molecule has 166 valence electrons. The molecule has 1 fully saturated rings. The van der Waals surface area contributed by atoms with E-state index in [-0.39, 0.29) is 11.1 Å². The van der Waals surface area contributed by atoms with Crippen molar-refractivity contribution in [1.29, 1.82) is 0 Å². The highest BCUT2D eigenvalue weighted by atomic mass is 32.1. The number of piperidine rings is 1. The molecule has 0 aromatic carbocycles. The molecule has 0 bridgehead atoms. The lowest BCUT2D eigenvalue weighted by Gasteiger charge is -2.35. The number of ether oxygens (including phenoxy) is 1. The first-order chi connectivity index (χ1) is 14.0. The second kappa shape index (κ2) is 9.32. The van der Waals surface area contributed by atoms with E-state index < -0.39 is 8.32 Å². The number of nitrogens with zero attached hydrogens (tertiary/aromatic N) is 4. The lowest BCUT2D eigenvalue weighted by Crippen LogP contribution is -2.40. The van der Waals surface area contributed by atoms with Crippen LogP contribution < -0.4 is 9.64 Å². The normalized spacial score (nSPS) is 17.2. The summed E-state index contributed by atoms with van der Waals surface area (Å²) in [6.45, 7) is 18.0. The molecule has 2 aromatic heterocycles. The summed E-state index contributed by atoms with van der Waals surface area (Å²) in [4.78, 5) is 6.98. The molecule has 1 saturated heterocycles. The van der Waals surface area contributed by atoms with Crippen molar-refractivity contribution in [1.82, 2.24) is 15.2 Å². The maximum atomic E-state index is 6.29. The van der Waals surface area contributed by atoms with Crippen LogP contribution >= 0.6 is 11.3 Å². The fraction of sp³-hybridized carbons (Fsp3) is 0.682. The SMILES string of the molecule is Cc1ccc(N2CCC(C(C)Oc3nc(CO[Si](C)(C)C(C)(C)C)cs3)CC2)nn1. The number of thiazole rings is 1. The van der Waals surface area contributed by atoms with Crippen LogP contribution in [0.4, 0.5) is 5.82 Å². The molecule has 0 spiro atoms. The predicted molar refractivity (Wildman–Crippen MR) is 126 cm³/mol. The molecule has 1 aliphatic heterocycles. The second-order valence-electron chi connectivity index (χ2n) is 9.83. The zero-order valence-electron chi connectivity index (χ0n) is 19.4. The van der Waals surface area contributed by atoms with E-state index in [0.29, 0.717) is 12.5 Å². The van der Waals surface area contributed by atoms with Crippen molar-refractivity contribution in [2.75, 3.05) is 18.0 Å². The van der Waals surface area contributed by atoms with Gasteiger partial charge < -0.3 is 14.1 Å². The molecule has 1 atom stereocenters. The summed E-state index contributed by atoms with van der Waals surface area (Å²) in [7, 11) is -1.77. The molecule has 0 aliphatic carbocycles. The zero-order valence-corrected chi connectivity index (χ0v) is 21.3. The second-order valence-corrected chi connectivity index (χ2v) is 15.5. The molecule has 0 amide bonds. The number of hydrogen-bond acceptors (Lipinski definition) is 7. The molecule has 1 unspecified atom stereocenters. The summed E-state index contributed by atoms with van der Waals surface area (Å²) in [6, 6.07) is 4.08. The summed E-state index contributed by atoms with van der Waals surface area (Å²) in [5.41, 5.74) is 1.92. The first-order valence-electron chi connectivity index (χ1n) is 10.9. The summed E-state index contributed by atoms with van der Waals surface area (Å²) in [5.74, 6) is 1.49. The first kappa shape index (κ1) is 23.2. The van der Waals surface area contributed by atoms with Gasteiger partial charge in [0.15, 0.2) is 14.1 Å². The molecule has 0 N–H and O–H groups in total. The number of anilines is 1. The van der Waals surface area contributed by atoms with Gasteiger partial charge in [0.1, 0.15) is 6.10 Å². The monoisotopic (exact) mass is 448 g/mol. The molecule has 30 heavy (non-hydrogen) atoms. The molecule has 3 rings (SSSR count). The quantitative estimate of drug-likeness (QED) is 0.525. The summed E-state index contributed by atoms with van der Waals surface area (Å²) >= 11 is 1.57. The van der Waals surface area contributed by atoms with Gasteiger partial charge in [-0.15, -0.1) is 5.10 Å². The van der Waals surface area contributed by atoms with Crippen LogP contribution in [0.25, 0.3) is 0 Å². The fourth-order valence-electron chi connectivity index (χ4n) is 3.29. The molecular weight excluding hydrogens is 412 g/mol. The maximum Gasteiger partial charge on any atom is 0.273 e. The van der Waals surface area contributed by atoms with Crippen LogP contribution in [-0.2, 0) is 11.0 Å². The Bertz CT molecular complexity index is 811. The fourth-order valence-corrected chi connectivity index (χ4v) is 4.97. The highest BCUT2D eigenvalue weighted by molar-refractivity contribution is 7.11. The third kappa shape index (κ3) is 5.80. The van der Waals surface area contributed by atoms with E-state index in [1.165, 1.54) is 0 Å². The van der Waals surface area contributed by atoms with Crippen LogP contribution in [0.1, 0.15) is 51.9 Å². The van der Waals surface area contributed by atoms with Crippen molar-refractivity contribution >= 4 is 25.5 Å². The lowest BCUT2D eigenvalue weighted by atomic mass is 9.92. The number of aromatic nitrogens is 3. The molecule has 2 aromatic rings. The largest absolute Gasteiger partial charge is 0.467 e. The van der Waals surface area contributed by atoms with E-state index in [1.54, 1.807) is 11.3 Å². The Morgan fingerprint density at radius 1 is 1.20 bits per heavy atom. The number of aryl methyl sites for hydroxylation is 1. The molecule has 6 nitrogen and oxygen atoms in total. The predicted octanol–water partition coefficient (Wildman–Crippen LogP) is 5.45. The Hall–Kier alpha value is -1.51. The Morgan fingerprint density at radius 2 is 1.90 bits per heavy atom. The minimum Gasteiger partial charge on any atom is -0.467 e. The average molecular weight is 449 g/mol. The van der Waals surface area contributed by atoms with Crippen molar-refractivity contribution in [2.24, 2.45) is 5.92 Å². The van der Waals surface area contributed by atoms with Crippen LogP contribution in [0.2, 0.25) is 18.1 Å². The average Bonchev–Trinajstić information content (AvgIpc) is 3.14. The lowest BCUT2D eigenvalue weighted by molar-refractivity contribution is 0.132. The van der Waals surface area contributed by atoms with E-state index in [0.717, 1.165) is 48.3 Å². The van der Waals surface area contributed by atoms with E-state index >= 15 is 0 Å². The Labute approximate surface area is 186 Å². The van der Waals surface area contributed by atoms with Gasteiger partial charge in [-0.1, -0.05) is 32.1 Å². The third-order valence-electron chi connectivity index (χ3n) is 6.52. The topological polar surface area (TPSA) is 60.4 Å². The van der Waals surface area contributed by atoms with Gasteiger partial charge in [-0.2, -0.15) is 5.10 Å². The van der Waals surface area contributed by atoms with Crippen LogP contribution in [0.15, 0.2) is 17.5 Å². The van der Waals surface area contributed by atoms with Crippen molar-refractivity contribution in [2.45, 2.75) is 78.3 Å². The minimum atomic E-state index is -1.77. The zero-order chi connectivity index (χ0) is 21.9. The van der Waals surface area contributed by atoms with Gasteiger partial charge >= 0.3 is 0 Å². The summed E-state index contributed by atoms with van der Waals surface area (Å²) in [6.07, 6.45) is 2.32. The van der Waals surface area contributed by atoms with Gasteiger partial charge in [0, 0.05) is 18.5 Å². The molecule has 0 saturated carbocycles. The van der Waals surface area contributed by atoms with E-state index in [9.17, 15) is 0 Å². The van der Waals surface area contributed by atoms with Crippen molar-refractivity contribution < 1.29 is 9.16 Å². The van der Waals surface area contributed by atoms with Crippen molar-refractivity contribution in [3.63, 3.8) is 0 Å². The highest BCUT2D eigenvalue weighted by Gasteiger charge is 2.37. The third-order valence-corrected chi connectivity index (χ3v) is 11.8. The minimum absolute atomic E-state index is 0.150.